The number of hydrogen-bond acceptors (Lipinski definition) is 4. The summed E-state index contributed by atoms with van der Waals surface area (Å²) in [6.07, 6.45) is 0. The molecule has 1 heterocycles. The van der Waals surface area contributed by atoms with E-state index in [1.807, 2.05) is 41.4 Å². The quantitative estimate of drug-likeness (QED) is 0.790. The van der Waals surface area contributed by atoms with Crippen molar-refractivity contribution in [3.63, 3.8) is 0 Å². The van der Waals surface area contributed by atoms with Crippen LogP contribution in [0.4, 0.5) is 11.4 Å². The van der Waals surface area contributed by atoms with Gasteiger partial charge >= 0.3 is 0 Å². The van der Waals surface area contributed by atoms with Gasteiger partial charge in [0.05, 0.1) is 25.9 Å². The van der Waals surface area contributed by atoms with E-state index in [1.165, 1.54) is 5.69 Å². The minimum Gasteiger partial charge on any atom is -0.497 e. The zero-order chi connectivity index (χ0) is 16.1. The number of ether oxygens (including phenoxy) is 1. The van der Waals surface area contributed by atoms with E-state index in [4.69, 9.17) is 16.3 Å². The van der Waals surface area contributed by atoms with Crippen molar-refractivity contribution in [1.29, 1.82) is 0 Å². The number of anilines is 1. The molecule has 120 valence electrons. The van der Waals surface area contributed by atoms with E-state index < -0.39 is 0 Å². The first-order valence-electron chi connectivity index (χ1n) is 7.56. The summed E-state index contributed by atoms with van der Waals surface area (Å²) in [6.45, 7) is 3.54. The number of piperazine rings is 1. The van der Waals surface area contributed by atoms with Crippen molar-refractivity contribution >= 4 is 23.0 Å². The largest absolute Gasteiger partial charge is 0.497 e. The van der Waals surface area contributed by atoms with Gasteiger partial charge in [0, 0.05) is 23.8 Å². The maximum Gasteiger partial charge on any atom is 0.119 e. The lowest BCUT2D eigenvalue weighted by molar-refractivity contribution is 0.254. The number of hydrogen-bond donors (Lipinski definition) is 0. The Bertz CT molecular complexity index is 649. The molecule has 1 aliphatic heterocycles. The lowest BCUT2D eigenvalue weighted by atomic mass is 10.2. The Hall–Kier alpha value is -2.27. The van der Waals surface area contributed by atoms with Gasteiger partial charge in [-0.2, -0.15) is 0 Å². The summed E-state index contributed by atoms with van der Waals surface area (Å²) in [5.74, 6) is 0.820. The summed E-state index contributed by atoms with van der Waals surface area (Å²) in [5, 5.41) is 11.4. The standard InChI is InChI=1S/C17H19ClN4O/c1-23-17-8-4-15(5-9-17)19-20-22-12-10-21(11-13-22)16-6-2-14(18)3-7-16/h2-9H,10-13H2,1H3/b20-19+. The summed E-state index contributed by atoms with van der Waals surface area (Å²) in [5.41, 5.74) is 2.02. The SMILES string of the molecule is COc1ccc(/N=N/N2CCN(c3ccc(Cl)cc3)CC2)cc1. The number of halogens is 1. The molecule has 0 N–H and O–H groups in total. The molecule has 0 radical (unpaired) electrons. The molecular weight excluding hydrogens is 312 g/mol. The molecule has 0 aromatic heterocycles. The monoisotopic (exact) mass is 330 g/mol. The number of methoxy groups -OCH3 is 1. The van der Waals surface area contributed by atoms with E-state index in [-0.39, 0.29) is 0 Å². The molecule has 1 fully saturated rings. The third kappa shape index (κ3) is 4.13. The zero-order valence-corrected chi connectivity index (χ0v) is 13.8. The molecule has 2 aromatic rings. The van der Waals surface area contributed by atoms with Gasteiger partial charge in [-0.3, -0.25) is 5.01 Å². The first-order valence-corrected chi connectivity index (χ1v) is 7.93. The minimum absolute atomic E-state index is 0.765. The van der Waals surface area contributed by atoms with E-state index in [0.717, 1.165) is 42.6 Å². The molecule has 0 bridgehead atoms. The lowest BCUT2D eigenvalue weighted by Crippen LogP contribution is -2.43. The average Bonchev–Trinajstić information content (AvgIpc) is 2.61. The third-order valence-electron chi connectivity index (χ3n) is 3.81. The van der Waals surface area contributed by atoms with Crippen LogP contribution < -0.4 is 9.64 Å². The molecular formula is C17H19ClN4O. The predicted octanol–water partition coefficient (Wildman–Crippen LogP) is 4.17. The van der Waals surface area contributed by atoms with Gasteiger partial charge in [0.2, 0.25) is 0 Å². The number of rotatable bonds is 4. The van der Waals surface area contributed by atoms with Crippen molar-refractivity contribution in [3.8, 4) is 5.75 Å². The van der Waals surface area contributed by atoms with Gasteiger partial charge in [-0.05, 0) is 48.5 Å². The minimum atomic E-state index is 0.765. The zero-order valence-electron chi connectivity index (χ0n) is 13.0. The van der Waals surface area contributed by atoms with Crippen molar-refractivity contribution in [2.75, 3.05) is 38.2 Å². The fourth-order valence-corrected chi connectivity index (χ4v) is 2.59. The van der Waals surface area contributed by atoms with E-state index in [1.54, 1.807) is 7.11 Å². The van der Waals surface area contributed by atoms with Crippen molar-refractivity contribution in [2.45, 2.75) is 0 Å². The first kappa shape index (κ1) is 15.6. The van der Waals surface area contributed by atoms with E-state index in [9.17, 15) is 0 Å². The average molecular weight is 331 g/mol. The molecule has 6 heteroatoms. The van der Waals surface area contributed by atoms with Crippen molar-refractivity contribution in [1.82, 2.24) is 5.01 Å². The fraction of sp³-hybridized carbons (Fsp3) is 0.294. The van der Waals surface area contributed by atoms with Crippen LogP contribution in [0.5, 0.6) is 5.75 Å². The molecule has 0 unspecified atom stereocenters. The first-order chi connectivity index (χ1) is 11.2. The van der Waals surface area contributed by atoms with Crippen LogP contribution in [0, 0.1) is 0 Å². The maximum atomic E-state index is 5.93. The predicted molar refractivity (Wildman–Crippen MR) is 92.7 cm³/mol. The van der Waals surface area contributed by atoms with Crippen LogP contribution >= 0.6 is 11.6 Å². The molecule has 1 saturated heterocycles. The van der Waals surface area contributed by atoms with E-state index >= 15 is 0 Å². The van der Waals surface area contributed by atoms with Gasteiger partial charge in [-0.25, -0.2) is 0 Å². The smallest absolute Gasteiger partial charge is 0.119 e. The van der Waals surface area contributed by atoms with Crippen molar-refractivity contribution < 1.29 is 4.74 Å². The lowest BCUT2D eigenvalue weighted by Gasteiger charge is -2.33. The Balaban J connectivity index is 1.54. The molecule has 0 saturated carbocycles. The third-order valence-corrected chi connectivity index (χ3v) is 4.06. The molecule has 0 spiro atoms. The normalized spacial score (nSPS) is 15.2. The maximum absolute atomic E-state index is 5.93. The van der Waals surface area contributed by atoms with Gasteiger partial charge in [-0.15, -0.1) is 5.11 Å². The Labute approximate surface area is 141 Å². The highest BCUT2D eigenvalue weighted by atomic mass is 35.5. The summed E-state index contributed by atoms with van der Waals surface area (Å²) < 4.78 is 5.13. The van der Waals surface area contributed by atoms with Gasteiger partial charge in [0.25, 0.3) is 0 Å². The summed E-state index contributed by atoms with van der Waals surface area (Å²) in [4.78, 5) is 2.33. The molecule has 0 amide bonds. The van der Waals surface area contributed by atoms with Crippen LogP contribution in [0.15, 0.2) is 58.9 Å². The van der Waals surface area contributed by atoms with Crippen LogP contribution in [-0.4, -0.2) is 38.3 Å². The molecule has 3 rings (SSSR count). The van der Waals surface area contributed by atoms with Crippen LogP contribution in [0.2, 0.25) is 5.02 Å². The van der Waals surface area contributed by atoms with Gasteiger partial charge < -0.3 is 9.64 Å². The van der Waals surface area contributed by atoms with Crippen LogP contribution in [0.25, 0.3) is 0 Å². The van der Waals surface area contributed by atoms with Gasteiger partial charge in [-0.1, -0.05) is 16.8 Å². The molecule has 0 atom stereocenters. The molecule has 5 nitrogen and oxygen atoms in total. The highest BCUT2D eigenvalue weighted by Gasteiger charge is 2.16. The molecule has 1 aliphatic rings. The van der Waals surface area contributed by atoms with E-state index in [0.29, 0.717) is 0 Å². The van der Waals surface area contributed by atoms with Gasteiger partial charge in [0.1, 0.15) is 5.75 Å². The molecule has 2 aromatic carbocycles. The highest BCUT2D eigenvalue weighted by molar-refractivity contribution is 6.30. The second-order valence-electron chi connectivity index (χ2n) is 5.30. The summed E-state index contributed by atoms with van der Waals surface area (Å²) in [7, 11) is 1.65. The van der Waals surface area contributed by atoms with Crippen molar-refractivity contribution in [3.05, 3.63) is 53.6 Å². The topological polar surface area (TPSA) is 40.4 Å². The van der Waals surface area contributed by atoms with Crippen LogP contribution in [0.3, 0.4) is 0 Å². The Morgan fingerprint density at radius 3 is 2.17 bits per heavy atom. The Morgan fingerprint density at radius 2 is 1.57 bits per heavy atom. The van der Waals surface area contributed by atoms with Crippen LogP contribution in [-0.2, 0) is 0 Å². The number of nitrogens with zero attached hydrogens (tertiary/aromatic N) is 4. The molecule has 23 heavy (non-hydrogen) atoms. The summed E-state index contributed by atoms with van der Waals surface area (Å²) in [6, 6.07) is 15.5. The van der Waals surface area contributed by atoms with Gasteiger partial charge in [0.15, 0.2) is 0 Å². The Kier molecular flexibility index (Phi) is 4.98. The molecule has 0 aliphatic carbocycles. The highest BCUT2D eigenvalue weighted by Crippen LogP contribution is 2.21. The second kappa shape index (κ2) is 7.33. The van der Waals surface area contributed by atoms with Crippen molar-refractivity contribution in [2.24, 2.45) is 10.3 Å². The summed E-state index contributed by atoms with van der Waals surface area (Å²) >= 11 is 5.93. The number of benzene rings is 2. The second-order valence-corrected chi connectivity index (χ2v) is 5.74. The fourth-order valence-electron chi connectivity index (χ4n) is 2.46. The van der Waals surface area contributed by atoms with Crippen LogP contribution in [0.1, 0.15) is 0 Å². The Morgan fingerprint density at radius 1 is 0.913 bits per heavy atom. The van der Waals surface area contributed by atoms with E-state index in [2.05, 4.69) is 27.4 Å².